The van der Waals surface area contributed by atoms with Crippen molar-refractivity contribution < 1.29 is 14.3 Å². The van der Waals surface area contributed by atoms with Crippen molar-refractivity contribution in [3.05, 3.63) is 47.5 Å². The average molecular weight is 576 g/mol. The highest BCUT2D eigenvalue weighted by Crippen LogP contribution is 2.33. The molecule has 1 amide bonds. The van der Waals surface area contributed by atoms with Gasteiger partial charge >= 0.3 is 0 Å². The lowest BCUT2D eigenvalue weighted by Crippen LogP contribution is -2.34. The molecule has 3 aromatic rings. The molecule has 2 aromatic carbocycles. The summed E-state index contributed by atoms with van der Waals surface area (Å²) >= 11 is 0. The normalized spacial score (nSPS) is 15.2. The number of benzene rings is 2. The molecule has 0 atom stereocenters. The molecule has 0 radical (unpaired) electrons. The number of imidazole rings is 1. The number of fused-ring (bicyclic) bond motifs is 2. The van der Waals surface area contributed by atoms with Crippen molar-refractivity contribution in [3.63, 3.8) is 0 Å². The van der Waals surface area contributed by atoms with E-state index >= 15 is 0 Å². The molecule has 228 valence electrons. The number of nitrogens with one attached hydrogen (secondary N) is 1. The van der Waals surface area contributed by atoms with Gasteiger partial charge in [-0.05, 0) is 99.5 Å². The van der Waals surface area contributed by atoms with Crippen LogP contribution in [0.15, 0.2) is 36.4 Å². The Bertz CT molecular complexity index is 1320. The molecule has 42 heavy (non-hydrogen) atoms. The van der Waals surface area contributed by atoms with Crippen LogP contribution in [0.25, 0.3) is 11.0 Å². The third kappa shape index (κ3) is 7.77. The number of likely N-dealkylation sites (tertiary alicyclic amines) is 1. The average Bonchev–Trinajstić information content (AvgIpc) is 3.60. The summed E-state index contributed by atoms with van der Waals surface area (Å²) in [5, 5.41) is 3.58. The molecule has 0 spiro atoms. The monoisotopic (exact) mass is 575 g/mol. The molecule has 1 saturated heterocycles. The van der Waals surface area contributed by atoms with Gasteiger partial charge in [-0.15, -0.1) is 0 Å². The second kappa shape index (κ2) is 14.3. The van der Waals surface area contributed by atoms with Crippen LogP contribution >= 0.6 is 0 Å². The third-order valence-electron chi connectivity index (χ3n) is 8.43. The quantitative estimate of drug-likeness (QED) is 0.228. The number of hydrogen-bond donors (Lipinski definition) is 1. The maximum Gasteiger partial charge on any atom is 0.253 e. The molecule has 0 bridgehead atoms. The van der Waals surface area contributed by atoms with E-state index in [1.807, 2.05) is 24.3 Å². The third-order valence-corrected chi connectivity index (χ3v) is 8.43. The zero-order valence-corrected chi connectivity index (χ0v) is 26.0. The van der Waals surface area contributed by atoms with Gasteiger partial charge in [0.2, 0.25) is 12.7 Å². The predicted octanol–water partition coefficient (Wildman–Crippen LogP) is 6.79. The molecule has 0 unspecified atom stereocenters. The zero-order valence-electron chi connectivity index (χ0n) is 26.0. The highest BCUT2D eigenvalue weighted by Gasteiger charge is 2.20. The highest BCUT2D eigenvalue weighted by molar-refractivity contribution is 5.97. The number of carbonyl (C=O) groups excluding carboxylic acids is 1. The molecule has 3 heterocycles. The largest absolute Gasteiger partial charge is 0.454 e. The Morgan fingerprint density at radius 2 is 1.67 bits per heavy atom. The molecule has 2 aliphatic heterocycles. The minimum absolute atomic E-state index is 0.120. The molecule has 5 rings (SSSR count). The number of amides is 1. The summed E-state index contributed by atoms with van der Waals surface area (Å²) in [6.07, 6.45) is 7.00. The Morgan fingerprint density at radius 1 is 0.929 bits per heavy atom. The summed E-state index contributed by atoms with van der Waals surface area (Å²) < 4.78 is 13.3. The van der Waals surface area contributed by atoms with Gasteiger partial charge in [-0.1, -0.05) is 40.2 Å². The Labute approximate surface area is 251 Å². The van der Waals surface area contributed by atoms with E-state index in [9.17, 15) is 4.79 Å². The van der Waals surface area contributed by atoms with Crippen molar-refractivity contribution in [2.75, 3.05) is 44.8 Å². The van der Waals surface area contributed by atoms with Gasteiger partial charge in [0, 0.05) is 31.7 Å². The van der Waals surface area contributed by atoms with Crippen LogP contribution in [0.3, 0.4) is 0 Å². The number of carbonyl (C=O) groups is 1. The lowest BCUT2D eigenvalue weighted by molar-refractivity contribution is 0.0741. The molecule has 8 nitrogen and oxygen atoms in total. The van der Waals surface area contributed by atoms with E-state index in [2.05, 4.69) is 59.5 Å². The Hall–Kier alpha value is -3.26. The van der Waals surface area contributed by atoms with Gasteiger partial charge in [0.05, 0.1) is 11.0 Å². The smallest absolute Gasteiger partial charge is 0.253 e. The molecular weight excluding hydrogens is 526 g/mol. The van der Waals surface area contributed by atoms with Gasteiger partial charge in [0.1, 0.15) is 0 Å². The fraction of sp³-hybridized carbons (Fsp3) is 0.588. The van der Waals surface area contributed by atoms with Gasteiger partial charge in [0.25, 0.3) is 5.91 Å². The summed E-state index contributed by atoms with van der Waals surface area (Å²) in [5.74, 6) is 3.64. The molecule has 0 saturated carbocycles. The SMILES string of the molecule is CC(C)CCN(CCC(C)C)C(=O)c1ccc2nc(NCc3ccc4c(c3)OCO4)n(CCCN3CCCCC3)c2c1. The second-order valence-corrected chi connectivity index (χ2v) is 12.7. The minimum Gasteiger partial charge on any atom is -0.454 e. The van der Waals surface area contributed by atoms with Crippen LogP contribution in [0.1, 0.15) is 82.1 Å². The number of aromatic nitrogens is 2. The van der Waals surface area contributed by atoms with Crippen LogP contribution in [-0.4, -0.2) is 64.8 Å². The summed E-state index contributed by atoms with van der Waals surface area (Å²) in [7, 11) is 0. The number of rotatable bonds is 14. The fourth-order valence-electron chi connectivity index (χ4n) is 5.81. The summed E-state index contributed by atoms with van der Waals surface area (Å²) in [6.45, 7) is 15.7. The van der Waals surface area contributed by atoms with E-state index in [-0.39, 0.29) is 12.7 Å². The standard InChI is InChI=1S/C34H49N5O3/c1-25(2)13-19-38(20-14-26(3)4)33(40)28-10-11-29-30(22-28)39(18-8-17-37-15-6-5-7-16-37)34(36-29)35-23-27-9-12-31-32(21-27)42-24-41-31/h9-12,21-22,25-26H,5-8,13-20,23-24H2,1-4H3,(H,35,36). The number of anilines is 1. The topological polar surface area (TPSA) is 71.9 Å². The molecule has 8 heteroatoms. The van der Waals surface area contributed by atoms with Crippen LogP contribution in [0.4, 0.5) is 5.95 Å². The van der Waals surface area contributed by atoms with Crippen LogP contribution < -0.4 is 14.8 Å². The van der Waals surface area contributed by atoms with Crippen molar-refractivity contribution in [3.8, 4) is 11.5 Å². The first kappa shape index (κ1) is 30.2. The molecule has 1 fully saturated rings. The van der Waals surface area contributed by atoms with E-state index < -0.39 is 0 Å². The molecule has 1 N–H and O–H groups in total. The molecule has 0 aliphatic carbocycles. The van der Waals surface area contributed by atoms with E-state index in [4.69, 9.17) is 14.5 Å². The van der Waals surface area contributed by atoms with Gasteiger partial charge in [-0.3, -0.25) is 4.79 Å². The number of aryl methyl sites for hydroxylation is 1. The number of nitrogens with zero attached hydrogens (tertiary/aromatic N) is 4. The molecule has 2 aliphatic rings. The Kier molecular flexibility index (Phi) is 10.3. The maximum absolute atomic E-state index is 13.8. The van der Waals surface area contributed by atoms with E-state index in [0.29, 0.717) is 18.4 Å². The van der Waals surface area contributed by atoms with Gasteiger partial charge < -0.3 is 29.2 Å². The highest BCUT2D eigenvalue weighted by atomic mass is 16.7. The maximum atomic E-state index is 13.8. The first-order chi connectivity index (χ1) is 20.4. The van der Waals surface area contributed by atoms with Gasteiger partial charge in [0.15, 0.2) is 11.5 Å². The van der Waals surface area contributed by atoms with Crippen molar-refractivity contribution in [1.29, 1.82) is 0 Å². The predicted molar refractivity (Wildman–Crippen MR) is 169 cm³/mol. The molecule has 1 aromatic heterocycles. The lowest BCUT2D eigenvalue weighted by Gasteiger charge is -2.26. The van der Waals surface area contributed by atoms with Crippen molar-refractivity contribution >= 4 is 22.9 Å². The Morgan fingerprint density at radius 3 is 2.40 bits per heavy atom. The summed E-state index contributed by atoms with van der Waals surface area (Å²) in [4.78, 5) is 23.4. The Balaban J connectivity index is 1.38. The molecular formula is C34H49N5O3. The van der Waals surface area contributed by atoms with Crippen LogP contribution in [0, 0.1) is 11.8 Å². The van der Waals surface area contributed by atoms with Gasteiger partial charge in [-0.2, -0.15) is 0 Å². The lowest BCUT2D eigenvalue weighted by atomic mass is 10.1. The van der Waals surface area contributed by atoms with E-state index in [1.165, 1.54) is 32.4 Å². The van der Waals surface area contributed by atoms with Crippen molar-refractivity contribution in [1.82, 2.24) is 19.4 Å². The number of hydrogen-bond acceptors (Lipinski definition) is 6. The second-order valence-electron chi connectivity index (χ2n) is 12.7. The van der Waals surface area contributed by atoms with Crippen LogP contribution in [0.5, 0.6) is 11.5 Å². The number of piperidine rings is 1. The fourth-order valence-corrected chi connectivity index (χ4v) is 5.81. The van der Waals surface area contributed by atoms with Gasteiger partial charge in [-0.25, -0.2) is 4.98 Å². The van der Waals surface area contributed by atoms with Crippen molar-refractivity contribution in [2.24, 2.45) is 11.8 Å². The summed E-state index contributed by atoms with van der Waals surface area (Å²) in [5.41, 5.74) is 3.77. The van der Waals surface area contributed by atoms with E-state index in [1.54, 1.807) is 0 Å². The van der Waals surface area contributed by atoms with Crippen LogP contribution in [-0.2, 0) is 13.1 Å². The zero-order chi connectivity index (χ0) is 29.5. The minimum atomic E-state index is 0.120. The van der Waals surface area contributed by atoms with Crippen molar-refractivity contribution in [2.45, 2.75) is 79.3 Å². The summed E-state index contributed by atoms with van der Waals surface area (Å²) in [6, 6.07) is 12.1. The first-order valence-corrected chi connectivity index (χ1v) is 16.0. The van der Waals surface area contributed by atoms with Crippen LogP contribution in [0.2, 0.25) is 0 Å². The first-order valence-electron chi connectivity index (χ1n) is 16.0. The van der Waals surface area contributed by atoms with E-state index in [0.717, 1.165) is 85.0 Å². The number of ether oxygens (including phenoxy) is 2.